The second-order valence-corrected chi connectivity index (χ2v) is 11.1. The summed E-state index contributed by atoms with van der Waals surface area (Å²) in [6.07, 6.45) is 1.91. The minimum absolute atomic E-state index is 0.0598. The van der Waals surface area contributed by atoms with Crippen LogP contribution in [-0.4, -0.2) is 52.0 Å². The zero-order chi connectivity index (χ0) is 27.6. The first-order chi connectivity index (χ1) is 18.7. The highest BCUT2D eigenvalue weighted by atomic mass is 32.2. The molecule has 1 fully saturated rings. The Morgan fingerprint density at radius 2 is 2.00 bits per heavy atom. The summed E-state index contributed by atoms with van der Waals surface area (Å²) in [5.74, 6) is 0.233. The highest BCUT2D eigenvalue weighted by Crippen LogP contribution is 2.47. The molecule has 2 aliphatic rings. The maximum atomic E-state index is 12.9. The van der Waals surface area contributed by atoms with Crippen molar-refractivity contribution in [2.75, 3.05) is 17.7 Å². The minimum atomic E-state index is -2.98. The Balaban J connectivity index is 1.37. The number of rotatable bonds is 6. The molecule has 0 spiro atoms. The second-order valence-electron chi connectivity index (χ2n) is 9.23. The number of halogens is 2. The third kappa shape index (κ3) is 5.94. The number of ether oxygens (including phenoxy) is 2. The van der Waals surface area contributed by atoms with Gasteiger partial charge in [-0.1, -0.05) is 30.0 Å². The highest BCUT2D eigenvalue weighted by Gasteiger charge is 2.50. The summed E-state index contributed by atoms with van der Waals surface area (Å²) in [7, 11) is 0. The molecule has 2 N–H and O–H groups in total. The maximum Gasteiger partial charge on any atom is 0.387 e. The quantitative estimate of drug-likeness (QED) is 0.433. The average molecular weight is 574 g/mol. The van der Waals surface area contributed by atoms with Gasteiger partial charge in [-0.05, 0) is 44.0 Å². The number of hydrogen-bond donors (Lipinski definition) is 2. The molecule has 13 heteroatoms. The Morgan fingerprint density at radius 3 is 2.74 bits per heavy atom. The van der Waals surface area contributed by atoms with Crippen LogP contribution in [0.15, 0.2) is 53.0 Å². The number of aliphatic imine (C=N–C) groups is 1. The van der Waals surface area contributed by atoms with Crippen LogP contribution >= 0.6 is 23.1 Å². The summed E-state index contributed by atoms with van der Waals surface area (Å²) >= 11 is 2.84. The lowest BCUT2D eigenvalue weighted by molar-refractivity contribution is -0.0501. The molecule has 0 unspecified atom stereocenters. The molecule has 9 nitrogen and oxygen atoms in total. The molecule has 3 aromatic rings. The van der Waals surface area contributed by atoms with Crippen LogP contribution < -0.4 is 15.4 Å². The van der Waals surface area contributed by atoms with Gasteiger partial charge in [-0.15, -0.1) is 11.3 Å². The SMILES string of the molecule is Cc1cc(OC(F)F)cnc1C(=O)Nc1csc([C@]23CO[C@@H](C)C[C@H]2CSC(NC(=O)c2ccccc2)=N3)n1. The van der Waals surface area contributed by atoms with Gasteiger partial charge in [0.15, 0.2) is 5.17 Å². The number of amides is 2. The molecule has 3 atom stereocenters. The number of alkyl halides is 2. The van der Waals surface area contributed by atoms with Gasteiger partial charge in [0.25, 0.3) is 11.8 Å². The number of nitrogens with zero attached hydrogens (tertiary/aromatic N) is 3. The number of carbonyl (C=O) groups is 2. The summed E-state index contributed by atoms with van der Waals surface area (Å²) in [6, 6.07) is 10.2. The Bertz CT molecular complexity index is 1400. The first-order valence-corrected chi connectivity index (χ1v) is 14.0. The maximum absolute atomic E-state index is 12.9. The number of hydrogen-bond acceptors (Lipinski definition) is 9. The number of thioether (sulfide) groups is 1. The first kappa shape index (κ1) is 27.2. The van der Waals surface area contributed by atoms with Crippen LogP contribution in [0.5, 0.6) is 5.75 Å². The molecule has 204 valence electrons. The number of pyridine rings is 1. The van der Waals surface area contributed by atoms with Crippen LogP contribution in [0.4, 0.5) is 14.6 Å². The monoisotopic (exact) mass is 573 g/mol. The van der Waals surface area contributed by atoms with E-state index in [0.717, 1.165) is 18.4 Å². The molecule has 2 amide bonds. The zero-order valence-electron chi connectivity index (χ0n) is 21.0. The van der Waals surface area contributed by atoms with Crippen molar-refractivity contribution >= 4 is 45.9 Å². The van der Waals surface area contributed by atoms with E-state index in [-0.39, 0.29) is 36.0 Å². The molecule has 0 saturated carbocycles. The number of amidine groups is 1. The number of fused-ring (bicyclic) bond motifs is 1. The minimum Gasteiger partial charge on any atom is -0.433 e. The number of aryl methyl sites for hydroxylation is 1. The Kier molecular flexibility index (Phi) is 7.91. The van der Waals surface area contributed by atoms with E-state index in [0.29, 0.717) is 27.1 Å². The van der Waals surface area contributed by atoms with Crippen molar-refractivity contribution < 1.29 is 27.8 Å². The molecule has 39 heavy (non-hydrogen) atoms. The fourth-order valence-electron chi connectivity index (χ4n) is 4.54. The van der Waals surface area contributed by atoms with Crippen LogP contribution in [0, 0.1) is 12.8 Å². The van der Waals surface area contributed by atoms with E-state index in [4.69, 9.17) is 9.73 Å². The standard InChI is InChI=1S/C26H25F2N5O4S2/c1-14-8-18(37-24(27)28)10-29-20(14)22(35)30-19-12-38-23(31-19)26-13-36-15(2)9-17(26)11-39-25(33-26)32-21(34)16-6-4-3-5-7-16/h3-8,10,12,15,17,24H,9,11,13H2,1-2H3,(H,30,35)(H,32,33,34)/t15-,17-,26-/m0/s1. The van der Waals surface area contributed by atoms with Gasteiger partial charge in [-0.3, -0.25) is 9.59 Å². The molecule has 0 bridgehead atoms. The van der Waals surface area contributed by atoms with Gasteiger partial charge in [0.05, 0.1) is 18.9 Å². The molecule has 1 aromatic carbocycles. The van der Waals surface area contributed by atoms with Crippen molar-refractivity contribution in [2.24, 2.45) is 10.9 Å². The molecular weight excluding hydrogens is 548 g/mol. The topological polar surface area (TPSA) is 115 Å². The van der Waals surface area contributed by atoms with E-state index in [9.17, 15) is 18.4 Å². The van der Waals surface area contributed by atoms with Gasteiger partial charge in [0.2, 0.25) is 0 Å². The predicted octanol–water partition coefficient (Wildman–Crippen LogP) is 4.85. The summed E-state index contributed by atoms with van der Waals surface area (Å²) in [6.45, 7) is 0.904. The van der Waals surface area contributed by atoms with Gasteiger partial charge in [0.1, 0.15) is 27.8 Å². The molecule has 2 aromatic heterocycles. The van der Waals surface area contributed by atoms with Crippen LogP contribution in [0.3, 0.4) is 0 Å². The van der Waals surface area contributed by atoms with Crippen molar-refractivity contribution in [2.45, 2.75) is 38.5 Å². The van der Waals surface area contributed by atoms with E-state index >= 15 is 0 Å². The van der Waals surface area contributed by atoms with E-state index in [2.05, 4.69) is 25.3 Å². The Morgan fingerprint density at radius 1 is 1.21 bits per heavy atom. The van der Waals surface area contributed by atoms with Crippen LogP contribution in [0.1, 0.15) is 44.8 Å². The van der Waals surface area contributed by atoms with Crippen LogP contribution in [0.2, 0.25) is 0 Å². The fraction of sp³-hybridized carbons (Fsp3) is 0.346. The summed E-state index contributed by atoms with van der Waals surface area (Å²) in [4.78, 5) is 39.3. The van der Waals surface area contributed by atoms with Crippen molar-refractivity contribution in [1.82, 2.24) is 15.3 Å². The molecule has 1 saturated heterocycles. The zero-order valence-corrected chi connectivity index (χ0v) is 22.7. The van der Waals surface area contributed by atoms with Gasteiger partial charge < -0.3 is 20.1 Å². The predicted molar refractivity (Wildman–Crippen MR) is 145 cm³/mol. The van der Waals surface area contributed by atoms with Crippen molar-refractivity contribution in [1.29, 1.82) is 0 Å². The lowest BCUT2D eigenvalue weighted by Crippen LogP contribution is -2.50. The van der Waals surface area contributed by atoms with E-state index in [1.165, 1.54) is 29.2 Å². The van der Waals surface area contributed by atoms with Crippen molar-refractivity contribution in [3.05, 3.63) is 69.8 Å². The van der Waals surface area contributed by atoms with Gasteiger partial charge in [-0.25, -0.2) is 15.0 Å². The molecule has 0 radical (unpaired) electrons. The van der Waals surface area contributed by atoms with Crippen molar-refractivity contribution in [3.63, 3.8) is 0 Å². The Hall–Kier alpha value is -3.42. The number of nitrogens with one attached hydrogen (secondary N) is 2. The molecular formula is C26H25F2N5O4S2. The van der Waals surface area contributed by atoms with Crippen molar-refractivity contribution in [3.8, 4) is 5.75 Å². The fourth-order valence-corrected chi connectivity index (χ4v) is 6.66. The number of anilines is 1. The highest BCUT2D eigenvalue weighted by molar-refractivity contribution is 8.13. The lowest BCUT2D eigenvalue weighted by atomic mass is 9.80. The second kappa shape index (κ2) is 11.4. The molecule has 0 aliphatic carbocycles. The van der Waals surface area contributed by atoms with Gasteiger partial charge >= 0.3 is 6.61 Å². The molecule has 4 heterocycles. The van der Waals surface area contributed by atoms with E-state index < -0.39 is 18.1 Å². The Labute approximate surface area is 231 Å². The number of aromatic nitrogens is 2. The number of thiazole rings is 1. The first-order valence-electron chi connectivity index (χ1n) is 12.1. The van der Waals surface area contributed by atoms with Gasteiger partial charge in [-0.2, -0.15) is 8.78 Å². The van der Waals surface area contributed by atoms with Crippen LogP contribution in [-0.2, 0) is 10.3 Å². The average Bonchev–Trinajstić information content (AvgIpc) is 3.38. The smallest absolute Gasteiger partial charge is 0.387 e. The molecule has 2 aliphatic heterocycles. The van der Waals surface area contributed by atoms with Crippen LogP contribution in [0.25, 0.3) is 0 Å². The van der Waals surface area contributed by atoms with E-state index in [1.54, 1.807) is 36.6 Å². The third-order valence-corrected chi connectivity index (χ3v) is 8.51. The van der Waals surface area contributed by atoms with Gasteiger partial charge in [0, 0.05) is 22.6 Å². The molecule has 5 rings (SSSR count). The number of benzene rings is 1. The number of carbonyl (C=O) groups excluding carboxylic acids is 2. The largest absolute Gasteiger partial charge is 0.433 e. The summed E-state index contributed by atoms with van der Waals surface area (Å²) < 4.78 is 35.3. The normalized spacial score (nSPS) is 22.5. The summed E-state index contributed by atoms with van der Waals surface area (Å²) in [5.41, 5.74) is 0.159. The lowest BCUT2D eigenvalue weighted by Gasteiger charge is -2.44. The van der Waals surface area contributed by atoms with E-state index in [1.807, 2.05) is 13.0 Å². The third-order valence-electron chi connectivity index (χ3n) is 6.47. The summed E-state index contributed by atoms with van der Waals surface area (Å²) in [5, 5.41) is 8.50.